The molecule has 1 rings (SSSR count). The number of hydrogen-bond donors (Lipinski definition) is 0. The Kier molecular flexibility index (Phi) is 21.5. The van der Waals surface area contributed by atoms with Crippen LogP contribution in [0.4, 0.5) is 0 Å². The van der Waals surface area contributed by atoms with Crippen LogP contribution in [0, 0.1) is 0 Å². The third kappa shape index (κ3) is 17.5. The van der Waals surface area contributed by atoms with Crippen molar-refractivity contribution >= 4 is 5.97 Å². The van der Waals surface area contributed by atoms with Crippen molar-refractivity contribution in [2.45, 2.75) is 110 Å². The summed E-state index contributed by atoms with van der Waals surface area (Å²) in [6, 6.07) is 6.44. The number of carbonyl (C=O) groups excluding carboxylic acids is 1. The molecular weight excluding hydrogens is 387 g/mol. The van der Waals surface area contributed by atoms with Gasteiger partial charge in [0.15, 0.2) is 0 Å². The van der Waals surface area contributed by atoms with Crippen LogP contribution in [-0.4, -0.2) is 12.6 Å². The maximum absolute atomic E-state index is 10.7. The molecule has 0 atom stereocenters. The zero-order valence-electron chi connectivity index (χ0n) is 19.1. The molecule has 0 fully saturated rings. The van der Waals surface area contributed by atoms with E-state index in [-0.39, 0.29) is 56.9 Å². The van der Waals surface area contributed by atoms with Gasteiger partial charge in [0.05, 0.1) is 12.6 Å². The third-order valence-corrected chi connectivity index (χ3v) is 5.36. The average Bonchev–Trinajstić information content (AvgIpc) is 2.70. The fourth-order valence-corrected chi connectivity index (χ4v) is 3.53. The van der Waals surface area contributed by atoms with E-state index >= 15 is 0 Å². The van der Waals surface area contributed by atoms with Crippen LogP contribution in [-0.2, 0) is 0 Å². The smallest absolute Gasteiger partial charge is 0.545 e. The Balaban J connectivity index is 0.00000784. The van der Waals surface area contributed by atoms with Gasteiger partial charge in [-0.25, -0.2) is 0 Å². The van der Waals surface area contributed by atoms with E-state index in [9.17, 15) is 9.90 Å². The van der Waals surface area contributed by atoms with E-state index in [1.807, 2.05) is 0 Å². The molecule has 3 nitrogen and oxygen atoms in total. The Morgan fingerprint density at radius 2 is 1.07 bits per heavy atom. The van der Waals surface area contributed by atoms with Gasteiger partial charge in [-0.3, -0.25) is 0 Å². The standard InChI is InChI=1S/C25H42O3.K/c1-2-3-4-5-6-7-8-9-10-11-12-13-14-15-16-17-22-28-24-20-18-23(19-21-24)25(26)27;/h18-21H,2-17,22H2,1H3,(H,26,27);/q;+1/p-1. The summed E-state index contributed by atoms with van der Waals surface area (Å²) >= 11 is 0. The molecule has 0 heterocycles. The second-order valence-electron chi connectivity index (χ2n) is 7.96. The summed E-state index contributed by atoms with van der Waals surface area (Å²) in [6.45, 7) is 2.97. The van der Waals surface area contributed by atoms with E-state index in [1.54, 1.807) is 12.1 Å². The van der Waals surface area contributed by atoms with E-state index in [1.165, 1.54) is 108 Å². The van der Waals surface area contributed by atoms with Crippen molar-refractivity contribution in [2.24, 2.45) is 0 Å². The van der Waals surface area contributed by atoms with Crippen LogP contribution >= 0.6 is 0 Å². The van der Waals surface area contributed by atoms with Gasteiger partial charge in [-0.05, 0) is 36.2 Å². The topological polar surface area (TPSA) is 49.4 Å². The fraction of sp³-hybridized carbons (Fsp3) is 0.720. The van der Waals surface area contributed by atoms with Gasteiger partial charge in [-0.2, -0.15) is 0 Å². The van der Waals surface area contributed by atoms with Crippen molar-refractivity contribution in [1.82, 2.24) is 0 Å². The van der Waals surface area contributed by atoms with E-state index in [0.717, 1.165) is 12.2 Å². The molecule has 0 aliphatic rings. The first-order valence-electron chi connectivity index (χ1n) is 11.7. The number of unbranched alkanes of at least 4 members (excludes halogenated alkanes) is 15. The van der Waals surface area contributed by atoms with Crippen LogP contribution in [0.2, 0.25) is 0 Å². The summed E-state index contributed by atoms with van der Waals surface area (Å²) in [5.74, 6) is -0.421. The molecule has 0 saturated heterocycles. The first kappa shape index (κ1) is 29.1. The Hall–Kier alpha value is 0.126. The van der Waals surface area contributed by atoms with Gasteiger partial charge in [0.25, 0.3) is 0 Å². The zero-order chi connectivity index (χ0) is 20.3. The Bertz CT molecular complexity index is 487. The van der Waals surface area contributed by atoms with Gasteiger partial charge in [-0.1, -0.05) is 103 Å². The molecule has 0 amide bonds. The Morgan fingerprint density at radius 1 is 0.690 bits per heavy atom. The molecule has 0 radical (unpaired) electrons. The molecule has 0 saturated carbocycles. The normalized spacial score (nSPS) is 10.5. The number of hydrogen-bond acceptors (Lipinski definition) is 3. The molecule has 0 aliphatic carbocycles. The van der Waals surface area contributed by atoms with Crippen LogP contribution in [0.1, 0.15) is 120 Å². The van der Waals surface area contributed by atoms with Crippen molar-refractivity contribution in [2.75, 3.05) is 6.61 Å². The number of carboxylic acids is 1. The maximum Gasteiger partial charge on any atom is 1.00 e. The number of carboxylic acid groups (broad SMARTS) is 1. The third-order valence-electron chi connectivity index (χ3n) is 5.36. The molecular formula is C25H41KO3. The van der Waals surface area contributed by atoms with Crippen LogP contribution < -0.4 is 61.2 Å². The predicted molar refractivity (Wildman–Crippen MR) is 116 cm³/mol. The zero-order valence-corrected chi connectivity index (χ0v) is 22.2. The summed E-state index contributed by atoms with van der Waals surface area (Å²) in [5, 5.41) is 10.7. The van der Waals surface area contributed by atoms with Gasteiger partial charge in [0.2, 0.25) is 0 Å². The van der Waals surface area contributed by atoms with E-state index < -0.39 is 5.97 Å². The number of carbonyl (C=O) groups is 1. The summed E-state index contributed by atoms with van der Waals surface area (Å²) in [6.07, 6.45) is 21.8. The molecule has 0 unspecified atom stereocenters. The van der Waals surface area contributed by atoms with Crippen LogP contribution in [0.25, 0.3) is 0 Å². The molecule has 4 heteroatoms. The number of benzene rings is 1. The minimum absolute atomic E-state index is 0. The van der Waals surface area contributed by atoms with Crippen LogP contribution in [0.3, 0.4) is 0 Å². The van der Waals surface area contributed by atoms with Crippen molar-refractivity contribution < 1.29 is 66.0 Å². The molecule has 1 aromatic carbocycles. The van der Waals surface area contributed by atoms with Crippen LogP contribution in [0.15, 0.2) is 24.3 Å². The van der Waals surface area contributed by atoms with Gasteiger partial charge >= 0.3 is 51.4 Å². The molecule has 160 valence electrons. The average molecular weight is 429 g/mol. The fourth-order valence-electron chi connectivity index (χ4n) is 3.53. The quantitative estimate of drug-likeness (QED) is 0.249. The van der Waals surface area contributed by atoms with Gasteiger partial charge in [-0.15, -0.1) is 0 Å². The summed E-state index contributed by atoms with van der Waals surface area (Å²) in [4.78, 5) is 10.7. The summed E-state index contributed by atoms with van der Waals surface area (Å²) in [5.41, 5.74) is 0.190. The Morgan fingerprint density at radius 3 is 1.45 bits per heavy atom. The Labute approximate surface area is 221 Å². The van der Waals surface area contributed by atoms with Crippen molar-refractivity contribution in [3.05, 3.63) is 29.8 Å². The first-order chi connectivity index (χ1) is 13.7. The first-order valence-corrected chi connectivity index (χ1v) is 11.7. The second kappa shape index (κ2) is 21.4. The summed E-state index contributed by atoms with van der Waals surface area (Å²) in [7, 11) is 0. The van der Waals surface area contributed by atoms with Gasteiger partial charge < -0.3 is 14.6 Å². The molecule has 0 aromatic heterocycles. The van der Waals surface area contributed by atoms with E-state index in [0.29, 0.717) is 6.61 Å². The van der Waals surface area contributed by atoms with E-state index in [2.05, 4.69) is 6.92 Å². The van der Waals surface area contributed by atoms with Gasteiger partial charge in [0.1, 0.15) is 5.75 Å². The number of aromatic carboxylic acids is 1. The van der Waals surface area contributed by atoms with Crippen molar-refractivity contribution in [3.8, 4) is 5.75 Å². The molecule has 29 heavy (non-hydrogen) atoms. The summed E-state index contributed by atoms with van der Waals surface area (Å²) < 4.78 is 5.65. The maximum atomic E-state index is 10.7. The van der Waals surface area contributed by atoms with Gasteiger partial charge in [0, 0.05) is 0 Å². The largest absolute Gasteiger partial charge is 1.00 e. The molecule has 0 bridgehead atoms. The number of rotatable bonds is 19. The minimum atomic E-state index is -1.15. The van der Waals surface area contributed by atoms with Crippen molar-refractivity contribution in [1.29, 1.82) is 0 Å². The second-order valence-corrected chi connectivity index (χ2v) is 7.96. The SMILES string of the molecule is CCCCCCCCCCCCCCCCCCOc1ccc(C(=O)[O-])cc1.[K+]. The monoisotopic (exact) mass is 428 g/mol. The molecule has 0 aliphatic heterocycles. The molecule has 0 N–H and O–H groups in total. The molecule has 0 spiro atoms. The number of ether oxygens (including phenoxy) is 1. The minimum Gasteiger partial charge on any atom is -0.545 e. The van der Waals surface area contributed by atoms with E-state index in [4.69, 9.17) is 4.74 Å². The van der Waals surface area contributed by atoms with Crippen molar-refractivity contribution in [3.63, 3.8) is 0 Å². The predicted octanol–water partition coefficient (Wildman–Crippen LogP) is 3.69. The molecule has 1 aromatic rings. The van der Waals surface area contributed by atoms with Crippen LogP contribution in [0.5, 0.6) is 5.75 Å².